The molecule has 1 aromatic heterocycles. The van der Waals surface area contributed by atoms with Gasteiger partial charge in [-0.2, -0.15) is 5.10 Å². The van der Waals surface area contributed by atoms with E-state index in [1.165, 1.54) is 38.8 Å². The lowest BCUT2D eigenvalue weighted by atomic mass is 10.3. The van der Waals surface area contributed by atoms with Crippen LogP contribution in [0.15, 0.2) is 15.5 Å². The fourth-order valence-corrected chi connectivity index (χ4v) is 3.33. The number of likely N-dealkylation sites (tertiary alicyclic amines) is 1. The van der Waals surface area contributed by atoms with Crippen LogP contribution in [0.3, 0.4) is 0 Å². The third-order valence-electron chi connectivity index (χ3n) is 4.25. The first-order valence-corrected chi connectivity index (χ1v) is 8.67. The predicted octanol–water partition coefficient (Wildman–Crippen LogP) is 2.31. The summed E-state index contributed by atoms with van der Waals surface area (Å²) in [6.07, 6.45) is 6.82. The van der Waals surface area contributed by atoms with Crippen molar-refractivity contribution in [2.45, 2.75) is 45.2 Å². The second-order valence-corrected chi connectivity index (χ2v) is 7.15. The Balaban J connectivity index is 1.64. The number of hydrogen-bond donors (Lipinski definition) is 1. The molecule has 2 heterocycles. The second kappa shape index (κ2) is 6.48. The van der Waals surface area contributed by atoms with Crippen molar-refractivity contribution in [1.82, 2.24) is 14.7 Å². The van der Waals surface area contributed by atoms with Crippen LogP contribution in [0.1, 0.15) is 32.6 Å². The van der Waals surface area contributed by atoms with Crippen molar-refractivity contribution in [3.8, 4) is 0 Å². The van der Waals surface area contributed by atoms with Gasteiger partial charge in [0.05, 0.1) is 11.9 Å². The maximum Gasteiger partial charge on any atom is 0.283 e. The summed E-state index contributed by atoms with van der Waals surface area (Å²) in [6.45, 7) is 6.29. The summed E-state index contributed by atoms with van der Waals surface area (Å²) < 4.78 is 2.18. The van der Waals surface area contributed by atoms with Gasteiger partial charge in [0.2, 0.25) is 0 Å². The Morgan fingerprint density at radius 2 is 2.14 bits per heavy atom. The SMILES string of the molecule is CC(CN1CCCC1)Nc1cnn(CC2CC2)c(=O)c1Br. The Kier molecular flexibility index (Phi) is 4.64. The van der Waals surface area contributed by atoms with E-state index in [4.69, 9.17) is 0 Å². The van der Waals surface area contributed by atoms with Crippen molar-refractivity contribution in [1.29, 1.82) is 0 Å². The van der Waals surface area contributed by atoms with Gasteiger partial charge in [-0.15, -0.1) is 0 Å². The normalized spacial score (nSPS) is 20.7. The molecule has 1 aliphatic heterocycles. The molecule has 21 heavy (non-hydrogen) atoms. The highest BCUT2D eigenvalue weighted by Gasteiger charge is 2.23. The van der Waals surface area contributed by atoms with E-state index in [1.807, 2.05) is 0 Å². The average Bonchev–Trinajstić information content (AvgIpc) is 3.13. The first-order chi connectivity index (χ1) is 10.1. The maximum atomic E-state index is 12.3. The Morgan fingerprint density at radius 3 is 2.81 bits per heavy atom. The van der Waals surface area contributed by atoms with Crippen molar-refractivity contribution >= 4 is 21.6 Å². The molecule has 116 valence electrons. The lowest BCUT2D eigenvalue weighted by Gasteiger charge is -2.22. The summed E-state index contributed by atoms with van der Waals surface area (Å²) in [5.74, 6) is 0.648. The number of hydrogen-bond acceptors (Lipinski definition) is 4. The van der Waals surface area contributed by atoms with Gasteiger partial charge >= 0.3 is 0 Å². The molecule has 1 saturated heterocycles. The number of rotatable bonds is 6. The van der Waals surface area contributed by atoms with Crippen molar-refractivity contribution in [3.05, 3.63) is 21.0 Å². The van der Waals surface area contributed by atoms with Gasteiger partial charge in [-0.3, -0.25) is 4.79 Å². The largest absolute Gasteiger partial charge is 0.379 e. The standard InChI is InChI=1S/C15H23BrN4O/c1-11(9-19-6-2-3-7-19)18-13-8-17-20(10-12-4-5-12)15(21)14(13)16/h8,11-12,18H,2-7,9-10H2,1H3. The highest BCUT2D eigenvalue weighted by molar-refractivity contribution is 9.10. The molecule has 0 radical (unpaired) electrons. The zero-order valence-electron chi connectivity index (χ0n) is 12.5. The molecule has 5 nitrogen and oxygen atoms in total. The number of halogens is 1. The van der Waals surface area contributed by atoms with Crippen molar-refractivity contribution < 1.29 is 0 Å². The lowest BCUT2D eigenvalue weighted by molar-refractivity contribution is 0.328. The summed E-state index contributed by atoms with van der Waals surface area (Å²) in [7, 11) is 0. The van der Waals surface area contributed by atoms with E-state index in [1.54, 1.807) is 10.9 Å². The lowest BCUT2D eigenvalue weighted by Crippen LogP contribution is -2.34. The van der Waals surface area contributed by atoms with Crippen molar-refractivity contribution in [2.24, 2.45) is 5.92 Å². The van der Waals surface area contributed by atoms with Crippen LogP contribution < -0.4 is 10.9 Å². The molecule has 1 atom stereocenters. The van der Waals surface area contributed by atoms with Crippen LogP contribution in [0, 0.1) is 5.92 Å². The second-order valence-electron chi connectivity index (χ2n) is 6.36. The molecule has 0 spiro atoms. The molecule has 2 aliphatic rings. The van der Waals surface area contributed by atoms with E-state index >= 15 is 0 Å². The molecule has 0 amide bonds. The zero-order chi connectivity index (χ0) is 14.8. The van der Waals surface area contributed by atoms with Crippen LogP contribution in [-0.2, 0) is 6.54 Å². The molecule has 2 fully saturated rings. The van der Waals surface area contributed by atoms with Crippen LogP contribution in [0.4, 0.5) is 5.69 Å². The number of anilines is 1. The third kappa shape index (κ3) is 3.86. The summed E-state index contributed by atoms with van der Waals surface area (Å²) in [4.78, 5) is 14.7. The van der Waals surface area contributed by atoms with Gasteiger partial charge in [-0.1, -0.05) is 0 Å². The molecule has 1 unspecified atom stereocenters. The monoisotopic (exact) mass is 354 g/mol. The Labute approximate surface area is 133 Å². The van der Waals surface area contributed by atoms with Gasteiger partial charge in [0.15, 0.2) is 0 Å². The Hall–Kier alpha value is -0.880. The van der Waals surface area contributed by atoms with Gasteiger partial charge in [-0.05, 0) is 67.5 Å². The minimum atomic E-state index is -0.0275. The molecule has 0 aromatic carbocycles. The highest BCUT2D eigenvalue weighted by atomic mass is 79.9. The van der Waals surface area contributed by atoms with Gasteiger partial charge in [0, 0.05) is 19.1 Å². The third-order valence-corrected chi connectivity index (χ3v) is 5.01. The molecule has 1 saturated carbocycles. The predicted molar refractivity (Wildman–Crippen MR) is 87.7 cm³/mol. The van der Waals surface area contributed by atoms with E-state index in [2.05, 4.69) is 38.2 Å². The summed E-state index contributed by atoms with van der Waals surface area (Å²) in [5, 5.41) is 7.71. The Morgan fingerprint density at radius 1 is 1.43 bits per heavy atom. The fraction of sp³-hybridized carbons (Fsp3) is 0.733. The van der Waals surface area contributed by atoms with Crippen LogP contribution in [-0.4, -0.2) is 40.4 Å². The van der Waals surface area contributed by atoms with Crippen LogP contribution in [0.25, 0.3) is 0 Å². The number of nitrogens with zero attached hydrogens (tertiary/aromatic N) is 3. The highest BCUT2D eigenvalue weighted by Crippen LogP contribution is 2.30. The summed E-state index contributed by atoms with van der Waals surface area (Å²) in [6, 6.07) is 0.305. The molecular weight excluding hydrogens is 332 g/mol. The summed E-state index contributed by atoms with van der Waals surface area (Å²) >= 11 is 3.43. The minimum absolute atomic E-state index is 0.0275. The molecule has 6 heteroatoms. The molecule has 1 aliphatic carbocycles. The molecule has 3 rings (SSSR count). The van der Waals surface area contributed by atoms with Crippen LogP contribution in [0.5, 0.6) is 0 Å². The fourth-order valence-electron chi connectivity index (χ4n) is 2.90. The van der Waals surface area contributed by atoms with E-state index in [-0.39, 0.29) is 5.56 Å². The van der Waals surface area contributed by atoms with Crippen molar-refractivity contribution in [2.75, 3.05) is 25.0 Å². The van der Waals surface area contributed by atoms with Crippen LogP contribution >= 0.6 is 15.9 Å². The first kappa shape index (κ1) is 15.0. The first-order valence-electron chi connectivity index (χ1n) is 7.88. The van der Waals surface area contributed by atoms with Crippen LogP contribution in [0.2, 0.25) is 0 Å². The van der Waals surface area contributed by atoms with Gasteiger partial charge in [0.1, 0.15) is 4.47 Å². The van der Waals surface area contributed by atoms with Gasteiger partial charge in [0.25, 0.3) is 5.56 Å². The number of nitrogens with one attached hydrogen (secondary N) is 1. The van der Waals surface area contributed by atoms with E-state index in [9.17, 15) is 4.79 Å². The minimum Gasteiger partial charge on any atom is -0.379 e. The molecule has 1 N–H and O–H groups in total. The van der Waals surface area contributed by atoms with Gasteiger partial charge in [-0.25, -0.2) is 4.68 Å². The average molecular weight is 355 g/mol. The quantitative estimate of drug-likeness (QED) is 0.851. The Bertz CT molecular complexity index is 549. The van der Waals surface area contributed by atoms with E-state index in [0.29, 0.717) is 16.4 Å². The van der Waals surface area contributed by atoms with E-state index < -0.39 is 0 Å². The molecule has 1 aromatic rings. The number of aromatic nitrogens is 2. The van der Waals surface area contributed by atoms with Gasteiger partial charge < -0.3 is 10.2 Å². The zero-order valence-corrected chi connectivity index (χ0v) is 14.1. The smallest absolute Gasteiger partial charge is 0.283 e. The molecule has 0 bridgehead atoms. The topological polar surface area (TPSA) is 50.2 Å². The maximum absolute atomic E-state index is 12.3. The molecular formula is C15H23BrN4O. The van der Waals surface area contributed by atoms with Crippen molar-refractivity contribution in [3.63, 3.8) is 0 Å². The summed E-state index contributed by atoms with van der Waals surface area (Å²) in [5.41, 5.74) is 0.777. The van der Waals surface area contributed by atoms with E-state index in [0.717, 1.165) is 18.8 Å².